The van der Waals surface area contributed by atoms with Crippen LogP contribution < -0.4 is 14.8 Å². The maximum absolute atomic E-state index is 12.6. The van der Waals surface area contributed by atoms with Crippen LogP contribution in [-0.4, -0.2) is 43.1 Å². The predicted molar refractivity (Wildman–Crippen MR) is 103 cm³/mol. The van der Waals surface area contributed by atoms with Crippen molar-refractivity contribution < 1.29 is 14.3 Å². The topological polar surface area (TPSA) is 63.7 Å². The number of carbonyl (C=O) groups is 1. The van der Waals surface area contributed by atoms with Gasteiger partial charge in [0.2, 0.25) is 0 Å². The lowest BCUT2D eigenvalue weighted by molar-refractivity contribution is 0.102. The summed E-state index contributed by atoms with van der Waals surface area (Å²) in [7, 11) is 3.11. The molecule has 0 spiro atoms. The Kier molecular flexibility index (Phi) is 6.11. The lowest BCUT2D eigenvalue weighted by Gasteiger charge is -2.29. The van der Waals surface area contributed by atoms with Gasteiger partial charge in [-0.15, -0.1) is 11.3 Å². The maximum Gasteiger partial charge on any atom is 0.261 e. The van der Waals surface area contributed by atoms with Crippen molar-refractivity contribution in [3.8, 4) is 11.5 Å². The summed E-state index contributed by atoms with van der Waals surface area (Å²) in [4.78, 5) is 19.6. The molecule has 0 saturated carbocycles. The quantitative estimate of drug-likeness (QED) is 0.835. The summed E-state index contributed by atoms with van der Waals surface area (Å²) >= 11 is 1.44. The number of hydrogen-bond acceptors (Lipinski definition) is 6. The zero-order valence-electron chi connectivity index (χ0n) is 15.4. The van der Waals surface area contributed by atoms with Crippen LogP contribution in [0.25, 0.3) is 0 Å². The largest absolute Gasteiger partial charge is 0.497 e. The lowest BCUT2D eigenvalue weighted by atomic mass is 9.99. The number of thiazole rings is 1. The Morgan fingerprint density at radius 2 is 2.08 bits per heavy atom. The highest BCUT2D eigenvalue weighted by Gasteiger charge is 2.18. The lowest BCUT2D eigenvalue weighted by Crippen LogP contribution is -2.32. The van der Waals surface area contributed by atoms with Crippen molar-refractivity contribution >= 4 is 22.4 Å². The SMILES string of the molecule is COc1ccc(OC)c(C(=O)Nc2nc(CN3CCC(C)CC3)cs2)c1. The first-order valence-electron chi connectivity index (χ1n) is 8.79. The first-order chi connectivity index (χ1) is 12.6. The summed E-state index contributed by atoms with van der Waals surface area (Å²) in [6.45, 7) is 5.37. The maximum atomic E-state index is 12.6. The number of benzene rings is 1. The van der Waals surface area contributed by atoms with E-state index < -0.39 is 0 Å². The molecule has 2 aromatic rings. The van der Waals surface area contributed by atoms with E-state index in [-0.39, 0.29) is 5.91 Å². The van der Waals surface area contributed by atoms with E-state index in [9.17, 15) is 4.79 Å². The number of nitrogens with one attached hydrogen (secondary N) is 1. The molecule has 1 aromatic carbocycles. The van der Waals surface area contributed by atoms with Crippen molar-refractivity contribution in [2.75, 3.05) is 32.6 Å². The molecule has 1 aliphatic rings. The number of carbonyl (C=O) groups excluding carboxylic acids is 1. The van der Waals surface area contributed by atoms with Crippen LogP contribution >= 0.6 is 11.3 Å². The molecule has 1 fully saturated rings. The number of methoxy groups -OCH3 is 2. The van der Waals surface area contributed by atoms with Crippen LogP contribution in [0.4, 0.5) is 5.13 Å². The second-order valence-electron chi connectivity index (χ2n) is 6.62. The van der Waals surface area contributed by atoms with E-state index in [1.807, 2.05) is 5.38 Å². The van der Waals surface area contributed by atoms with Gasteiger partial charge in [0.1, 0.15) is 11.5 Å². The molecule has 1 aromatic heterocycles. The molecular formula is C19H25N3O3S. The molecule has 140 valence electrons. The molecule has 0 radical (unpaired) electrons. The van der Waals surface area contributed by atoms with Crippen molar-refractivity contribution in [3.63, 3.8) is 0 Å². The molecule has 0 unspecified atom stereocenters. The van der Waals surface area contributed by atoms with E-state index in [0.717, 1.165) is 31.2 Å². The summed E-state index contributed by atoms with van der Waals surface area (Å²) in [6.07, 6.45) is 2.48. The zero-order valence-corrected chi connectivity index (χ0v) is 16.3. The fourth-order valence-corrected chi connectivity index (χ4v) is 3.74. The van der Waals surface area contributed by atoms with Gasteiger partial charge in [-0.1, -0.05) is 6.92 Å². The summed E-state index contributed by atoms with van der Waals surface area (Å²) < 4.78 is 10.5. The number of anilines is 1. The van der Waals surface area contributed by atoms with E-state index >= 15 is 0 Å². The number of hydrogen-bond donors (Lipinski definition) is 1. The van der Waals surface area contributed by atoms with Gasteiger partial charge in [-0.05, 0) is 50.0 Å². The van der Waals surface area contributed by atoms with Crippen LogP contribution in [0.5, 0.6) is 11.5 Å². The molecule has 1 saturated heterocycles. The highest BCUT2D eigenvalue weighted by molar-refractivity contribution is 7.14. The van der Waals surface area contributed by atoms with Gasteiger partial charge in [0.25, 0.3) is 5.91 Å². The van der Waals surface area contributed by atoms with E-state index in [1.54, 1.807) is 32.4 Å². The Bertz CT molecular complexity index is 754. The van der Waals surface area contributed by atoms with Crippen molar-refractivity contribution in [2.45, 2.75) is 26.3 Å². The molecular weight excluding hydrogens is 350 g/mol. The summed E-state index contributed by atoms with van der Waals surface area (Å²) in [5.41, 5.74) is 1.42. The molecule has 0 atom stereocenters. The third-order valence-corrected chi connectivity index (χ3v) is 5.49. The number of piperidine rings is 1. The Morgan fingerprint density at radius 1 is 1.31 bits per heavy atom. The minimum Gasteiger partial charge on any atom is -0.497 e. The van der Waals surface area contributed by atoms with E-state index in [1.165, 1.54) is 24.2 Å². The molecule has 6 nitrogen and oxygen atoms in total. The number of nitrogens with zero attached hydrogens (tertiary/aromatic N) is 2. The Labute approximate surface area is 158 Å². The van der Waals surface area contributed by atoms with Crippen LogP contribution in [-0.2, 0) is 6.54 Å². The number of aromatic nitrogens is 1. The highest BCUT2D eigenvalue weighted by atomic mass is 32.1. The van der Waals surface area contributed by atoms with Gasteiger partial charge in [0, 0.05) is 11.9 Å². The number of rotatable bonds is 6. The summed E-state index contributed by atoms with van der Waals surface area (Å²) in [6, 6.07) is 5.15. The molecule has 1 amide bonds. The third-order valence-electron chi connectivity index (χ3n) is 4.69. The fourth-order valence-electron chi connectivity index (χ4n) is 3.04. The van der Waals surface area contributed by atoms with Crippen LogP contribution in [0.15, 0.2) is 23.6 Å². The molecule has 26 heavy (non-hydrogen) atoms. The van der Waals surface area contributed by atoms with E-state index in [4.69, 9.17) is 9.47 Å². The van der Waals surface area contributed by atoms with Crippen LogP contribution in [0, 0.1) is 5.92 Å². The first kappa shape index (κ1) is 18.7. The van der Waals surface area contributed by atoms with E-state index in [2.05, 4.69) is 22.1 Å². The number of amides is 1. The van der Waals surface area contributed by atoms with Crippen molar-refractivity contribution in [3.05, 3.63) is 34.8 Å². The molecule has 0 aliphatic carbocycles. The van der Waals surface area contributed by atoms with Crippen LogP contribution in [0.3, 0.4) is 0 Å². The van der Waals surface area contributed by atoms with Crippen molar-refractivity contribution in [1.29, 1.82) is 0 Å². The molecule has 0 bridgehead atoms. The first-order valence-corrected chi connectivity index (χ1v) is 9.67. The van der Waals surface area contributed by atoms with Gasteiger partial charge in [-0.3, -0.25) is 15.0 Å². The fraction of sp³-hybridized carbons (Fsp3) is 0.474. The Hall–Kier alpha value is -2.12. The standard InChI is InChI=1S/C19H25N3O3S/c1-13-6-8-22(9-7-13)11-14-12-26-19(20-14)21-18(23)16-10-15(24-2)4-5-17(16)25-3/h4-5,10,12-13H,6-9,11H2,1-3H3,(H,20,21,23). The minimum absolute atomic E-state index is 0.256. The van der Waals surface area contributed by atoms with E-state index in [0.29, 0.717) is 22.2 Å². The van der Waals surface area contributed by atoms with Gasteiger partial charge in [0.15, 0.2) is 5.13 Å². The van der Waals surface area contributed by atoms with Gasteiger partial charge in [-0.25, -0.2) is 4.98 Å². The molecule has 7 heteroatoms. The molecule has 1 N–H and O–H groups in total. The summed E-state index contributed by atoms with van der Waals surface area (Å²) in [5, 5.41) is 5.47. The van der Waals surface area contributed by atoms with Crippen LogP contribution in [0.2, 0.25) is 0 Å². The Morgan fingerprint density at radius 3 is 2.77 bits per heavy atom. The third kappa shape index (κ3) is 4.53. The molecule has 1 aliphatic heterocycles. The second-order valence-corrected chi connectivity index (χ2v) is 7.48. The normalized spacial score (nSPS) is 15.7. The van der Waals surface area contributed by atoms with Gasteiger partial charge in [-0.2, -0.15) is 0 Å². The molecule has 3 rings (SSSR count). The minimum atomic E-state index is -0.256. The predicted octanol–water partition coefficient (Wildman–Crippen LogP) is 3.64. The zero-order chi connectivity index (χ0) is 18.5. The summed E-state index contributed by atoms with van der Waals surface area (Å²) in [5.74, 6) is 1.67. The van der Waals surface area contributed by atoms with Gasteiger partial charge < -0.3 is 9.47 Å². The average molecular weight is 375 g/mol. The highest BCUT2D eigenvalue weighted by Crippen LogP contribution is 2.26. The number of likely N-dealkylation sites (tertiary alicyclic amines) is 1. The van der Waals surface area contributed by atoms with Crippen molar-refractivity contribution in [2.24, 2.45) is 5.92 Å². The van der Waals surface area contributed by atoms with Gasteiger partial charge >= 0.3 is 0 Å². The monoisotopic (exact) mass is 375 g/mol. The second kappa shape index (κ2) is 8.51. The van der Waals surface area contributed by atoms with Crippen LogP contribution in [0.1, 0.15) is 35.8 Å². The number of ether oxygens (including phenoxy) is 2. The molecule has 2 heterocycles. The van der Waals surface area contributed by atoms with Gasteiger partial charge in [0.05, 0.1) is 25.5 Å². The average Bonchev–Trinajstić information content (AvgIpc) is 3.09. The van der Waals surface area contributed by atoms with Crippen molar-refractivity contribution in [1.82, 2.24) is 9.88 Å². The smallest absolute Gasteiger partial charge is 0.261 e. The Balaban J connectivity index is 1.64.